The van der Waals surface area contributed by atoms with Crippen LogP contribution < -0.4 is 5.32 Å². The van der Waals surface area contributed by atoms with E-state index in [1.54, 1.807) is 7.11 Å². The number of ether oxygens (including phenoxy) is 1. The van der Waals surface area contributed by atoms with Gasteiger partial charge in [-0.3, -0.25) is 4.90 Å². The molecule has 1 aromatic carbocycles. The Morgan fingerprint density at radius 1 is 1.15 bits per heavy atom. The van der Waals surface area contributed by atoms with Crippen molar-refractivity contribution in [3.63, 3.8) is 0 Å². The van der Waals surface area contributed by atoms with Crippen LogP contribution in [0.4, 0.5) is 0 Å². The second kappa shape index (κ2) is 7.95. The van der Waals surface area contributed by atoms with Crippen molar-refractivity contribution in [1.82, 2.24) is 15.1 Å². The van der Waals surface area contributed by atoms with Gasteiger partial charge >= 0.3 is 0 Å². The van der Waals surface area contributed by atoms with Gasteiger partial charge in [0.05, 0.1) is 12.1 Å². The molecule has 2 heterocycles. The average molecular weight is 360 g/mol. The van der Waals surface area contributed by atoms with Crippen LogP contribution in [0.2, 0.25) is 0 Å². The Morgan fingerprint density at radius 3 is 2.62 bits per heavy atom. The SMILES string of the molecule is COCCCN1CCN([C@H]2c3ccccc3C3(CCNCC3)[C@@H]2O)CC1. The summed E-state index contributed by atoms with van der Waals surface area (Å²) in [5.41, 5.74) is 2.72. The second-order valence-corrected chi connectivity index (χ2v) is 8.11. The molecule has 5 heteroatoms. The van der Waals surface area contributed by atoms with Gasteiger partial charge in [-0.1, -0.05) is 24.3 Å². The van der Waals surface area contributed by atoms with E-state index in [0.717, 1.165) is 71.7 Å². The molecule has 3 aliphatic rings. The third-order valence-electron chi connectivity index (χ3n) is 6.80. The zero-order valence-electron chi connectivity index (χ0n) is 16.0. The minimum absolute atomic E-state index is 0.0535. The first kappa shape index (κ1) is 18.4. The van der Waals surface area contributed by atoms with E-state index < -0.39 is 0 Å². The van der Waals surface area contributed by atoms with Gasteiger partial charge < -0.3 is 20.1 Å². The largest absolute Gasteiger partial charge is 0.390 e. The van der Waals surface area contributed by atoms with Crippen LogP contribution in [0, 0.1) is 0 Å². The lowest BCUT2D eigenvalue weighted by Gasteiger charge is -2.43. The van der Waals surface area contributed by atoms with Crippen LogP contribution >= 0.6 is 0 Å². The molecule has 26 heavy (non-hydrogen) atoms. The Hall–Kier alpha value is -0.980. The fraction of sp³-hybridized carbons (Fsp3) is 0.714. The highest BCUT2D eigenvalue weighted by molar-refractivity contribution is 5.45. The Morgan fingerprint density at radius 2 is 1.88 bits per heavy atom. The number of hydrogen-bond acceptors (Lipinski definition) is 5. The number of benzene rings is 1. The van der Waals surface area contributed by atoms with Gasteiger partial charge in [-0.2, -0.15) is 0 Å². The molecule has 0 aromatic heterocycles. The second-order valence-electron chi connectivity index (χ2n) is 8.11. The van der Waals surface area contributed by atoms with Crippen molar-refractivity contribution in [1.29, 1.82) is 0 Å². The number of nitrogens with zero attached hydrogens (tertiary/aromatic N) is 2. The van der Waals surface area contributed by atoms with E-state index >= 15 is 0 Å². The van der Waals surface area contributed by atoms with Crippen LogP contribution in [-0.4, -0.2) is 80.5 Å². The molecule has 1 aliphatic carbocycles. The number of aliphatic hydroxyl groups is 1. The monoisotopic (exact) mass is 359 g/mol. The minimum Gasteiger partial charge on any atom is -0.390 e. The van der Waals surface area contributed by atoms with E-state index in [1.807, 2.05) is 0 Å². The van der Waals surface area contributed by atoms with Gasteiger partial charge in [0.2, 0.25) is 0 Å². The third kappa shape index (κ3) is 3.20. The number of piperazine rings is 1. The fourth-order valence-corrected chi connectivity index (χ4v) is 5.37. The standard InChI is InChI=1S/C21H33N3O2/c1-26-16-4-11-23-12-14-24(15-13-23)19-17-5-2-3-6-18(17)21(20(19)25)7-9-22-10-8-21/h2-3,5-6,19-20,22,25H,4,7-16H2,1H3/t19-,20+/m0/s1. The lowest BCUT2D eigenvalue weighted by molar-refractivity contribution is -0.0184. The van der Waals surface area contributed by atoms with E-state index in [9.17, 15) is 5.11 Å². The van der Waals surface area contributed by atoms with Crippen LogP contribution in [-0.2, 0) is 10.2 Å². The summed E-state index contributed by atoms with van der Waals surface area (Å²) in [7, 11) is 1.77. The molecule has 2 aliphatic heterocycles. The maximum absolute atomic E-state index is 11.5. The van der Waals surface area contributed by atoms with Gasteiger partial charge in [0, 0.05) is 51.9 Å². The molecule has 1 spiro atoms. The van der Waals surface area contributed by atoms with E-state index in [0.29, 0.717) is 0 Å². The lowest BCUT2D eigenvalue weighted by Crippen LogP contribution is -2.52. The van der Waals surface area contributed by atoms with E-state index in [4.69, 9.17) is 4.74 Å². The highest BCUT2D eigenvalue weighted by Gasteiger charge is 2.53. The first-order chi connectivity index (χ1) is 12.8. The third-order valence-corrected chi connectivity index (χ3v) is 6.80. The number of piperidine rings is 1. The molecule has 2 saturated heterocycles. The Labute approximate surface area is 157 Å². The van der Waals surface area contributed by atoms with Crippen molar-refractivity contribution < 1.29 is 9.84 Å². The number of rotatable bonds is 5. The van der Waals surface area contributed by atoms with Crippen molar-refractivity contribution in [2.45, 2.75) is 36.8 Å². The van der Waals surface area contributed by atoms with Crippen molar-refractivity contribution in [2.24, 2.45) is 0 Å². The van der Waals surface area contributed by atoms with Crippen LogP contribution in [0.25, 0.3) is 0 Å². The number of methoxy groups -OCH3 is 1. The fourth-order valence-electron chi connectivity index (χ4n) is 5.37. The Kier molecular flexibility index (Phi) is 5.62. The number of nitrogens with one attached hydrogen (secondary N) is 1. The first-order valence-electron chi connectivity index (χ1n) is 10.2. The smallest absolute Gasteiger partial charge is 0.0834 e. The van der Waals surface area contributed by atoms with Crippen molar-refractivity contribution >= 4 is 0 Å². The van der Waals surface area contributed by atoms with Crippen molar-refractivity contribution in [3.05, 3.63) is 35.4 Å². The molecular formula is C21H33N3O2. The maximum atomic E-state index is 11.5. The van der Waals surface area contributed by atoms with Gasteiger partial charge in [-0.15, -0.1) is 0 Å². The Bertz CT molecular complexity index is 595. The summed E-state index contributed by atoms with van der Waals surface area (Å²) in [5.74, 6) is 0. The van der Waals surface area contributed by atoms with Gasteiger partial charge in [0.25, 0.3) is 0 Å². The van der Waals surface area contributed by atoms with Crippen LogP contribution in [0.3, 0.4) is 0 Å². The number of hydrogen-bond donors (Lipinski definition) is 2. The highest BCUT2D eigenvalue weighted by Crippen LogP contribution is 2.52. The molecule has 144 valence electrons. The molecule has 5 nitrogen and oxygen atoms in total. The molecule has 2 N–H and O–H groups in total. The molecule has 0 bridgehead atoms. The molecule has 0 unspecified atom stereocenters. The summed E-state index contributed by atoms with van der Waals surface area (Å²) >= 11 is 0. The molecule has 2 fully saturated rings. The summed E-state index contributed by atoms with van der Waals surface area (Å²) in [5, 5.41) is 14.9. The summed E-state index contributed by atoms with van der Waals surface area (Å²) < 4.78 is 5.18. The van der Waals surface area contributed by atoms with Crippen LogP contribution in [0.15, 0.2) is 24.3 Å². The maximum Gasteiger partial charge on any atom is 0.0834 e. The van der Waals surface area contributed by atoms with Crippen molar-refractivity contribution in [2.75, 3.05) is 59.5 Å². The lowest BCUT2D eigenvalue weighted by atomic mass is 9.72. The van der Waals surface area contributed by atoms with Gasteiger partial charge in [-0.05, 0) is 43.5 Å². The first-order valence-corrected chi connectivity index (χ1v) is 10.2. The predicted molar refractivity (Wildman–Crippen MR) is 103 cm³/mol. The molecule has 0 saturated carbocycles. The summed E-state index contributed by atoms with van der Waals surface area (Å²) in [6.07, 6.45) is 2.89. The number of aliphatic hydroxyl groups excluding tert-OH is 1. The van der Waals surface area contributed by atoms with Crippen LogP contribution in [0.5, 0.6) is 0 Å². The zero-order valence-corrected chi connectivity index (χ0v) is 16.0. The molecule has 2 atom stereocenters. The van der Waals surface area contributed by atoms with E-state index in [-0.39, 0.29) is 17.6 Å². The van der Waals surface area contributed by atoms with E-state index in [1.165, 1.54) is 11.1 Å². The van der Waals surface area contributed by atoms with Gasteiger partial charge in [-0.25, -0.2) is 0 Å². The molecule has 1 aromatic rings. The molecule has 0 amide bonds. The average Bonchev–Trinajstić information content (AvgIpc) is 2.92. The summed E-state index contributed by atoms with van der Waals surface area (Å²) in [6.45, 7) is 8.21. The van der Waals surface area contributed by atoms with Gasteiger partial charge in [0.1, 0.15) is 0 Å². The van der Waals surface area contributed by atoms with Crippen molar-refractivity contribution in [3.8, 4) is 0 Å². The summed E-state index contributed by atoms with van der Waals surface area (Å²) in [6, 6.07) is 8.96. The zero-order chi connectivity index (χ0) is 18.0. The normalized spacial score (nSPS) is 29.2. The van der Waals surface area contributed by atoms with Gasteiger partial charge in [0.15, 0.2) is 0 Å². The molecular weight excluding hydrogens is 326 g/mol. The summed E-state index contributed by atoms with van der Waals surface area (Å²) in [4.78, 5) is 5.07. The Balaban J connectivity index is 1.49. The predicted octanol–water partition coefficient (Wildman–Crippen LogP) is 1.38. The number of fused-ring (bicyclic) bond motifs is 2. The highest BCUT2D eigenvalue weighted by atomic mass is 16.5. The van der Waals surface area contributed by atoms with Crippen LogP contribution in [0.1, 0.15) is 36.4 Å². The van der Waals surface area contributed by atoms with E-state index in [2.05, 4.69) is 39.4 Å². The minimum atomic E-state index is -0.290. The molecule has 4 rings (SSSR count). The topological polar surface area (TPSA) is 48.0 Å². The quantitative estimate of drug-likeness (QED) is 0.778. The molecule has 0 radical (unpaired) electrons.